The summed E-state index contributed by atoms with van der Waals surface area (Å²) in [5, 5.41) is 4.28. The monoisotopic (exact) mass is 250 g/mol. The number of hydrogen-bond donors (Lipinski definition) is 2. The van der Waals surface area contributed by atoms with E-state index in [9.17, 15) is 9.59 Å². The van der Waals surface area contributed by atoms with E-state index in [-0.39, 0.29) is 6.04 Å². The third-order valence-corrected chi connectivity index (χ3v) is 3.40. The van der Waals surface area contributed by atoms with Gasteiger partial charge in [0, 0.05) is 6.04 Å². The van der Waals surface area contributed by atoms with Crippen LogP contribution in [0.4, 0.5) is 4.79 Å². The average Bonchev–Trinajstić information content (AvgIpc) is 2.18. The Balaban J connectivity index is 2.25. The molecule has 1 unspecified atom stereocenters. The van der Waals surface area contributed by atoms with Crippen molar-refractivity contribution in [2.75, 3.05) is 11.5 Å². The smallest absolute Gasteiger partial charge is 0.321 e. The van der Waals surface area contributed by atoms with Crippen LogP contribution in [-0.2, 0) is 4.79 Å². The van der Waals surface area contributed by atoms with Crippen molar-refractivity contribution in [2.45, 2.75) is 31.2 Å². The fraction of sp³-hybridized carbons (Fsp3) is 0.778. The summed E-state index contributed by atoms with van der Waals surface area (Å²) >= 11 is 7.40. The van der Waals surface area contributed by atoms with E-state index >= 15 is 0 Å². The van der Waals surface area contributed by atoms with Gasteiger partial charge in [0.2, 0.25) is 5.91 Å². The predicted octanol–water partition coefficient (Wildman–Crippen LogP) is 1.34. The Morgan fingerprint density at radius 3 is 2.53 bits per heavy atom. The molecule has 1 aliphatic rings. The van der Waals surface area contributed by atoms with Crippen LogP contribution in [0, 0.1) is 0 Å². The minimum absolute atomic E-state index is 0.185. The molecule has 2 N–H and O–H groups in total. The summed E-state index contributed by atoms with van der Waals surface area (Å²) in [6.45, 7) is 1.53. The van der Waals surface area contributed by atoms with Crippen LogP contribution in [0.3, 0.4) is 0 Å². The molecule has 0 bridgehead atoms. The zero-order chi connectivity index (χ0) is 11.3. The molecular weight excluding hydrogens is 236 g/mol. The Labute approximate surface area is 98.5 Å². The topological polar surface area (TPSA) is 58.2 Å². The molecule has 1 rings (SSSR count). The van der Waals surface area contributed by atoms with Gasteiger partial charge in [-0.3, -0.25) is 10.1 Å². The molecule has 86 valence electrons. The highest BCUT2D eigenvalue weighted by molar-refractivity contribution is 7.99. The zero-order valence-corrected chi connectivity index (χ0v) is 10.2. The Hall–Kier alpha value is -0.420. The van der Waals surface area contributed by atoms with Crippen LogP contribution in [0.25, 0.3) is 0 Å². The first-order valence-electron chi connectivity index (χ1n) is 4.93. The minimum atomic E-state index is -0.683. The van der Waals surface area contributed by atoms with E-state index in [0.29, 0.717) is 0 Å². The van der Waals surface area contributed by atoms with E-state index in [2.05, 4.69) is 10.6 Å². The Bertz CT molecular complexity index is 242. The second-order valence-corrected chi connectivity index (χ2v) is 5.34. The quantitative estimate of drug-likeness (QED) is 0.727. The lowest BCUT2D eigenvalue weighted by Crippen LogP contribution is -2.47. The largest absolute Gasteiger partial charge is 0.335 e. The molecule has 0 aromatic heterocycles. The van der Waals surface area contributed by atoms with Crippen molar-refractivity contribution in [3.8, 4) is 0 Å². The molecule has 0 aromatic carbocycles. The van der Waals surface area contributed by atoms with Crippen molar-refractivity contribution in [2.24, 2.45) is 0 Å². The molecule has 1 saturated heterocycles. The van der Waals surface area contributed by atoms with E-state index < -0.39 is 17.3 Å². The molecule has 6 heteroatoms. The molecule has 0 radical (unpaired) electrons. The summed E-state index contributed by atoms with van der Waals surface area (Å²) in [5.74, 6) is 1.66. The van der Waals surface area contributed by atoms with Gasteiger partial charge in [0.1, 0.15) is 5.38 Å². The van der Waals surface area contributed by atoms with Gasteiger partial charge in [-0.15, -0.1) is 11.6 Å². The third-order valence-electron chi connectivity index (χ3n) is 2.15. The fourth-order valence-corrected chi connectivity index (χ4v) is 2.44. The van der Waals surface area contributed by atoms with Crippen LogP contribution >= 0.6 is 23.4 Å². The van der Waals surface area contributed by atoms with E-state index in [1.807, 2.05) is 11.8 Å². The Morgan fingerprint density at radius 1 is 1.40 bits per heavy atom. The number of imide groups is 1. The van der Waals surface area contributed by atoms with Gasteiger partial charge in [0.15, 0.2) is 0 Å². The Morgan fingerprint density at radius 2 is 2.00 bits per heavy atom. The van der Waals surface area contributed by atoms with E-state index in [4.69, 9.17) is 11.6 Å². The summed E-state index contributed by atoms with van der Waals surface area (Å²) < 4.78 is 0. The number of amides is 3. The van der Waals surface area contributed by atoms with Crippen molar-refractivity contribution in [1.29, 1.82) is 0 Å². The highest BCUT2D eigenvalue weighted by Gasteiger charge is 2.18. The van der Waals surface area contributed by atoms with Crippen molar-refractivity contribution >= 4 is 35.3 Å². The van der Waals surface area contributed by atoms with E-state index in [1.54, 1.807) is 0 Å². The van der Waals surface area contributed by atoms with Crippen molar-refractivity contribution in [3.63, 3.8) is 0 Å². The van der Waals surface area contributed by atoms with Crippen LogP contribution in [0.5, 0.6) is 0 Å². The number of rotatable bonds is 2. The number of hydrogen-bond acceptors (Lipinski definition) is 3. The molecule has 1 atom stereocenters. The van der Waals surface area contributed by atoms with Gasteiger partial charge < -0.3 is 5.32 Å². The number of carbonyl (C=O) groups excluding carboxylic acids is 2. The molecule has 0 saturated carbocycles. The highest BCUT2D eigenvalue weighted by Crippen LogP contribution is 2.16. The molecular formula is C9H15ClN2O2S. The van der Waals surface area contributed by atoms with Crippen LogP contribution in [-0.4, -0.2) is 34.9 Å². The van der Waals surface area contributed by atoms with E-state index in [0.717, 1.165) is 24.3 Å². The molecule has 1 aliphatic heterocycles. The van der Waals surface area contributed by atoms with Gasteiger partial charge in [0.25, 0.3) is 0 Å². The van der Waals surface area contributed by atoms with Crippen LogP contribution < -0.4 is 10.6 Å². The Kier molecular flexibility index (Phi) is 5.25. The van der Waals surface area contributed by atoms with Gasteiger partial charge >= 0.3 is 6.03 Å². The molecule has 0 aliphatic carbocycles. The summed E-state index contributed by atoms with van der Waals surface area (Å²) in [7, 11) is 0. The lowest BCUT2D eigenvalue weighted by atomic mass is 10.2. The third kappa shape index (κ3) is 4.75. The highest BCUT2D eigenvalue weighted by atomic mass is 35.5. The number of alkyl halides is 1. The van der Waals surface area contributed by atoms with Crippen LogP contribution in [0.2, 0.25) is 0 Å². The van der Waals surface area contributed by atoms with Crippen molar-refractivity contribution < 1.29 is 9.59 Å². The summed E-state index contributed by atoms with van der Waals surface area (Å²) in [5.41, 5.74) is 0. The lowest BCUT2D eigenvalue weighted by Gasteiger charge is -2.22. The normalized spacial score (nSPS) is 19.3. The van der Waals surface area contributed by atoms with Gasteiger partial charge in [-0.1, -0.05) is 0 Å². The van der Waals surface area contributed by atoms with Gasteiger partial charge in [0.05, 0.1) is 0 Å². The molecule has 3 amide bonds. The van der Waals surface area contributed by atoms with Gasteiger partial charge in [-0.05, 0) is 31.3 Å². The first kappa shape index (κ1) is 12.6. The standard InChI is InChI=1S/C9H15ClN2O2S/c1-6(10)8(13)12-9(14)11-7-2-4-15-5-3-7/h6-7H,2-5H2,1H3,(H2,11,12,13,14). The maximum atomic E-state index is 11.3. The second-order valence-electron chi connectivity index (χ2n) is 3.47. The first-order valence-corrected chi connectivity index (χ1v) is 6.52. The summed E-state index contributed by atoms with van der Waals surface area (Å²) in [6.07, 6.45) is 1.92. The number of urea groups is 1. The lowest BCUT2D eigenvalue weighted by molar-refractivity contribution is -0.119. The molecule has 0 spiro atoms. The van der Waals surface area contributed by atoms with Gasteiger partial charge in [-0.2, -0.15) is 11.8 Å². The summed E-state index contributed by atoms with van der Waals surface area (Å²) in [4.78, 5) is 22.4. The molecule has 0 aromatic rings. The molecule has 4 nitrogen and oxygen atoms in total. The van der Waals surface area contributed by atoms with E-state index in [1.165, 1.54) is 6.92 Å². The van der Waals surface area contributed by atoms with Crippen molar-refractivity contribution in [1.82, 2.24) is 10.6 Å². The second kappa shape index (κ2) is 6.23. The van der Waals surface area contributed by atoms with Crippen molar-refractivity contribution in [3.05, 3.63) is 0 Å². The zero-order valence-electron chi connectivity index (χ0n) is 8.59. The van der Waals surface area contributed by atoms with Gasteiger partial charge in [-0.25, -0.2) is 4.79 Å². The SMILES string of the molecule is CC(Cl)C(=O)NC(=O)NC1CCSCC1. The van der Waals surface area contributed by atoms with Crippen LogP contribution in [0.15, 0.2) is 0 Å². The fourth-order valence-electron chi connectivity index (χ4n) is 1.27. The molecule has 1 heterocycles. The number of thioether (sulfide) groups is 1. The maximum absolute atomic E-state index is 11.3. The number of nitrogens with one attached hydrogen (secondary N) is 2. The first-order chi connectivity index (χ1) is 7.09. The summed E-state index contributed by atoms with van der Waals surface area (Å²) in [6, 6.07) is -0.255. The average molecular weight is 251 g/mol. The predicted molar refractivity (Wildman–Crippen MR) is 62.3 cm³/mol. The maximum Gasteiger partial charge on any atom is 0.321 e. The van der Waals surface area contributed by atoms with Crippen LogP contribution in [0.1, 0.15) is 19.8 Å². The number of halogens is 1. The molecule has 1 fully saturated rings. The molecule has 15 heavy (non-hydrogen) atoms. The minimum Gasteiger partial charge on any atom is -0.335 e. The number of carbonyl (C=O) groups is 2.